The molecule has 3 nitrogen and oxygen atoms in total. The summed E-state index contributed by atoms with van der Waals surface area (Å²) in [5, 5.41) is 10.6. The fraction of sp³-hybridized carbons (Fsp3) is 0.864. The van der Waals surface area contributed by atoms with E-state index >= 15 is 0 Å². The molecule has 0 bridgehead atoms. The van der Waals surface area contributed by atoms with Crippen LogP contribution < -0.4 is 0 Å². The van der Waals surface area contributed by atoms with Crippen molar-refractivity contribution < 1.29 is 14.6 Å². The Labute approximate surface area is 152 Å². The summed E-state index contributed by atoms with van der Waals surface area (Å²) >= 11 is 0. The predicted octanol–water partition coefficient (Wildman–Crippen LogP) is 4.49. The molecule has 140 valence electrons. The Morgan fingerprint density at radius 1 is 1.16 bits per heavy atom. The normalized spacial score (nSPS) is 52.0. The zero-order valence-electron chi connectivity index (χ0n) is 16.3. The molecule has 0 heterocycles. The van der Waals surface area contributed by atoms with Crippen molar-refractivity contribution in [1.29, 1.82) is 0 Å². The maximum Gasteiger partial charge on any atom is 0.168 e. The number of ether oxygens (including phenoxy) is 1. The van der Waals surface area contributed by atoms with Gasteiger partial charge in [0.1, 0.15) is 5.78 Å². The number of hydrogen-bond donors (Lipinski definition) is 1. The second kappa shape index (κ2) is 5.66. The van der Waals surface area contributed by atoms with Gasteiger partial charge in [0.25, 0.3) is 0 Å². The fourth-order valence-electron chi connectivity index (χ4n) is 7.46. The van der Waals surface area contributed by atoms with Crippen LogP contribution in [0.15, 0.2) is 11.6 Å². The molecule has 0 saturated heterocycles. The van der Waals surface area contributed by atoms with Gasteiger partial charge in [0, 0.05) is 25.9 Å². The fourth-order valence-corrected chi connectivity index (χ4v) is 7.46. The SMILES string of the molecule is CO[C@@]1(O)CCC2(C)C(=CCC3C2CCC2(C)C(C(C)=O)CCC32)C1. The van der Waals surface area contributed by atoms with Gasteiger partial charge in [-0.2, -0.15) is 0 Å². The number of aliphatic hydroxyl groups is 1. The van der Waals surface area contributed by atoms with Crippen molar-refractivity contribution in [3.63, 3.8) is 0 Å². The Bertz CT molecular complexity index is 610. The molecule has 4 aliphatic rings. The molecule has 0 amide bonds. The van der Waals surface area contributed by atoms with Crippen LogP contribution in [0.3, 0.4) is 0 Å². The minimum Gasteiger partial charge on any atom is -0.365 e. The summed E-state index contributed by atoms with van der Waals surface area (Å²) in [4.78, 5) is 12.2. The Kier molecular flexibility index (Phi) is 4.01. The monoisotopic (exact) mass is 346 g/mol. The summed E-state index contributed by atoms with van der Waals surface area (Å²) < 4.78 is 5.41. The largest absolute Gasteiger partial charge is 0.365 e. The van der Waals surface area contributed by atoms with E-state index < -0.39 is 5.79 Å². The third-order valence-electron chi connectivity index (χ3n) is 9.00. The Balaban J connectivity index is 1.64. The third kappa shape index (κ3) is 2.41. The molecule has 3 fully saturated rings. The van der Waals surface area contributed by atoms with Crippen molar-refractivity contribution in [3.05, 3.63) is 11.6 Å². The molecule has 0 aromatic carbocycles. The van der Waals surface area contributed by atoms with Gasteiger partial charge >= 0.3 is 0 Å². The summed E-state index contributed by atoms with van der Waals surface area (Å²) in [5.74, 6) is 1.83. The van der Waals surface area contributed by atoms with Gasteiger partial charge in [-0.25, -0.2) is 0 Å². The lowest BCUT2D eigenvalue weighted by Crippen LogP contribution is -2.52. The summed E-state index contributed by atoms with van der Waals surface area (Å²) in [5.41, 5.74) is 1.86. The van der Waals surface area contributed by atoms with Crippen molar-refractivity contribution in [2.45, 2.75) is 77.9 Å². The highest BCUT2D eigenvalue weighted by atomic mass is 16.6. The highest BCUT2D eigenvalue weighted by Gasteiger charge is 2.60. The van der Waals surface area contributed by atoms with Gasteiger partial charge in [0.15, 0.2) is 5.79 Å². The highest BCUT2D eigenvalue weighted by molar-refractivity contribution is 5.79. The van der Waals surface area contributed by atoms with E-state index in [9.17, 15) is 9.90 Å². The first-order valence-electron chi connectivity index (χ1n) is 10.2. The molecule has 6 unspecified atom stereocenters. The molecule has 0 radical (unpaired) electrons. The molecule has 4 rings (SSSR count). The Morgan fingerprint density at radius 3 is 2.60 bits per heavy atom. The van der Waals surface area contributed by atoms with E-state index in [1.165, 1.54) is 24.8 Å². The quantitative estimate of drug-likeness (QED) is 0.592. The summed E-state index contributed by atoms with van der Waals surface area (Å²) in [7, 11) is 1.63. The van der Waals surface area contributed by atoms with Crippen LogP contribution in [0.5, 0.6) is 0 Å². The predicted molar refractivity (Wildman–Crippen MR) is 97.8 cm³/mol. The van der Waals surface area contributed by atoms with Crippen LogP contribution in [0.4, 0.5) is 0 Å². The van der Waals surface area contributed by atoms with Gasteiger partial charge in [-0.3, -0.25) is 4.79 Å². The van der Waals surface area contributed by atoms with Crippen molar-refractivity contribution in [2.24, 2.45) is 34.5 Å². The minimum atomic E-state index is -0.964. The number of carbonyl (C=O) groups excluding carboxylic acids is 1. The third-order valence-corrected chi connectivity index (χ3v) is 9.00. The number of Topliss-reactive ketones (excluding diaryl/α,β-unsaturated/α-hetero) is 1. The van der Waals surface area contributed by atoms with Crippen LogP contribution in [0.2, 0.25) is 0 Å². The molecule has 0 spiro atoms. The average Bonchev–Trinajstić information content (AvgIpc) is 2.93. The molecule has 25 heavy (non-hydrogen) atoms. The van der Waals surface area contributed by atoms with Crippen LogP contribution in [0.25, 0.3) is 0 Å². The van der Waals surface area contributed by atoms with Crippen molar-refractivity contribution in [3.8, 4) is 0 Å². The second-order valence-corrected chi connectivity index (χ2v) is 9.87. The van der Waals surface area contributed by atoms with Crippen LogP contribution >= 0.6 is 0 Å². The average molecular weight is 347 g/mol. The second-order valence-electron chi connectivity index (χ2n) is 9.87. The minimum absolute atomic E-state index is 0.212. The first-order valence-corrected chi connectivity index (χ1v) is 10.2. The van der Waals surface area contributed by atoms with Crippen molar-refractivity contribution >= 4 is 5.78 Å². The standard InChI is InChI=1S/C22H34O3/c1-14(23)17-7-8-18-16-6-5-15-13-22(24,25-4)12-11-20(15,2)19(16)9-10-21(17,18)3/h5,16-19,24H,6-13H2,1-4H3/t16?,17?,18?,19?,20?,21?,22-/m0/s1. The van der Waals surface area contributed by atoms with Crippen molar-refractivity contribution in [2.75, 3.05) is 7.11 Å². The van der Waals surface area contributed by atoms with E-state index in [-0.39, 0.29) is 16.7 Å². The summed E-state index contributed by atoms with van der Waals surface area (Å²) in [6.07, 6.45) is 10.7. The van der Waals surface area contributed by atoms with Crippen LogP contribution in [-0.2, 0) is 9.53 Å². The van der Waals surface area contributed by atoms with Gasteiger partial charge in [-0.05, 0) is 74.0 Å². The van der Waals surface area contributed by atoms with E-state index in [1.807, 2.05) is 0 Å². The zero-order chi connectivity index (χ0) is 18.0. The number of methoxy groups -OCH3 is 1. The molecule has 0 aliphatic heterocycles. The lowest BCUT2D eigenvalue weighted by molar-refractivity contribution is -0.209. The van der Waals surface area contributed by atoms with Crippen LogP contribution in [0.1, 0.15) is 72.1 Å². The molecule has 0 aromatic rings. The Hall–Kier alpha value is -0.670. The smallest absolute Gasteiger partial charge is 0.168 e. The summed E-state index contributed by atoms with van der Waals surface area (Å²) in [6, 6.07) is 0. The van der Waals surface area contributed by atoms with E-state index in [0.29, 0.717) is 30.0 Å². The number of rotatable bonds is 2. The summed E-state index contributed by atoms with van der Waals surface area (Å²) in [6.45, 7) is 6.64. The molecule has 4 aliphatic carbocycles. The van der Waals surface area contributed by atoms with E-state index in [4.69, 9.17) is 4.74 Å². The zero-order valence-corrected chi connectivity index (χ0v) is 16.3. The first kappa shape index (κ1) is 17.7. The maximum absolute atomic E-state index is 12.2. The molecular weight excluding hydrogens is 312 g/mol. The number of fused-ring (bicyclic) bond motifs is 5. The molecule has 3 saturated carbocycles. The van der Waals surface area contributed by atoms with E-state index in [2.05, 4.69) is 19.9 Å². The van der Waals surface area contributed by atoms with Gasteiger partial charge in [-0.1, -0.05) is 25.5 Å². The van der Waals surface area contributed by atoms with Crippen LogP contribution in [0, 0.1) is 34.5 Å². The van der Waals surface area contributed by atoms with Gasteiger partial charge in [0.05, 0.1) is 0 Å². The van der Waals surface area contributed by atoms with Gasteiger partial charge < -0.3 is 9.84 Å². The van der Waals surface area contributed by atoms with E-state index in [1.54, 1.807) is 14.0 Å². The number of hydrogen-bond acceptors (Lipinski definition) is 3. The first-order chi connectivity index (χ1) is 11.7. The van der Waals surface area contributed by atoms with Gasteiger partial charge in [-0.15, -0.1) is 0 Å². The van der Waals surface area contributed by atoms with Crippen LogP contribution in [-0.4, -0.2) is 23.8 Å². The van der Waals surface area contributed by atoms with Crippen molar-refractivity contribution in [1.82, 2.24) is 0 Å². The number of allylic oxidation sites excluding steroid dienone is 1. The highest BCUT2D eigenvalue weighted by Crippen LogP contribution is 2.66. The van der Waals surface area contributed by atoms with E-state index in [0.717, 1.165) is 25.7 Å². The Morgan fingerprint density at radius 2 is 1.92 bits per heavy atom. The number of carbonyl (C=O) groups is 1. The van der Waals surface area contributed by atoms with Gasteiger partial charge in [0.2, 0.25) is 0 Å². The molecule has 3 heteroatoms. The maximum atomic E-state index is 12.2. The molecule has 0 aromatic heterocycles. The molecule has 1 N–H and O–H groups in total. The lowest BCUT2D eigenvalue weighted by atomic mass is 9.47. The molecule has 7 atom stereocenters. The topological polar surface area (TPSA) is 46.5 Å². The molecular formula is C22H34O3. The number of ketones is 1. The lowest BCUT2D eigenvalue weighted by Gasteiger charge is -2.58.